The van der Waals surface area contributed by atoms with Gasteiger partial charge in [0.05, 0.1) is 0 Å². The van der Waals surface area contributed by atoms with Crippen molar-refractivity contribution < 1.29 is 9.90 Å². The van der Waals surface area contributed by atoms with Crippen molar-refractivity contribution in [3.05, 3.63) is 65.8 Å². The highest BCUT2D eigenvalue weighted by atomic mass is 16.4. The molecule has 2 heteroatoms. The lowest BCUT2D eigenvalue weighted by molar-refractivity contribution is -0.142. The molecule has 1 aromatic rings. The van der Waals surface area contributed by atoms with E-state index in [9.17, 15) is 9.90 Å². The second-order valence-electron chi connectivity index (χ2n) is 5.04. The van der Waals surface area contributed by atoms with Crippen molar-refractivity contribution in [3.8, 4) is 0 Å². The Morgan fingerprint density at radius 1 is 1.40 bits per heavy atom. The Hall–Kier alpha value is -2.09. The number of aliphatic carboxylic acids is 1. The summed E-state index contributed by atoms with van der Waals surface area (Å²) >= 11 is 0. The number of carboxylic acids is 1. The molecule has 0 spiro atoms. The van der Waals surface area contributed by atoms with Gasteiger partial charge in [0.2, 0.25) is 0 Å². The van der Waals surface area contributed by atoms with E-state index >= 15 is 0 Å². The van der Waals surface area contributed by atoms with Gasteiger partial charge in [-0.3, -0.25) is 4.79 Å². The lowest BCUT2D eigenvalue weighted by Gasteiger charge is -2.28. The molecule has 2 rings (SSSR count). The van der Waals surface area contributed by atoms with E-state index in [1.165, 1.54) is 0 Å². The van der Waals surface area contributed by atoms with E-state index in [-0.39, 0.29) is 0 Å². The molecule has 1 aliphatic carbocycles. The first kappa shape index (κ1) is 14.3. The Labute approximate surface area is 120 Å². The van der Waals surface area contributed by atoms with Gasteiger partial charge in [0.1, 0.15) is 5.41 Å². The Morgan fingerprint density at radius 3 is 2.65 bits per heavy atom. The average Bonchev–Trinajstić information content (AvgIpc) is 2.71. The fraction of sp³-hybridized carbons (Fsp3) is 0.278. The highest BCUT2D eigenvalue weighted by Gasteiger charge is 2.48. The summed E-state index contributed by atoms with van der Waals surface area (Å²) in [7, 11) is 0. The van der Waals surface area contributed by atoms with Crippen LogP contribution in [0.25, 0.3) is 5.57 Å². The van der Waals surface area contributed by atoms with E-state index in [1.807, 2.05) is 50.3 Å². The van der Waals surface area contributed by atoms with Crippen LogP contribution in [0.4, 0.5) is 0 Å². The molecule has 0 saturated heterocycles. The molecule has 1 unspecified atom stereocenters. The van der Waals surface area contributed by atoms with Gasteiger partial charge in [0, 0.05) is 0 Å². The summed E-state index contributed by atoms with van der Waals surface area (Å²) in [4.78, 5) is 12.1. The van der Waals surface area contributed by atoms with Gasteiger partial charge < -0.3 is 5.11 Å². The van der Waals surface area contributed by atoms with Crippen LogP contribution in [-0.2, 0) is 10.2 Å². The van der Waals surface area contributed by atoms with Crippen LogP contribution in [0.1, 0.15) is 37.8 Å². The topological polar surface area (TPSA) is 37.3 Å². The number of hydrogen-bond donors (Lipinski definition) is 1. The molecule has 0 aliphatic heterocycles. The molecule has 0 heterocycles. The van der Waals surface area contributed by atoms with E-state index in [0.29, 0.717) is 6.42 Å². The van der Waals surface area contributed by atoms with E-state index < -0.39 is 11.4 Å². The Balaban J connectivity index is 2.84. The second kappa shape index (κ2) is 5.49. The number of fused-ring (bicyclic) bond motifs is 1. The summed E-state index contributed by atoms with van der Waals surface area (Å²) in [5.41, 5.74) is 2.73. The number of hydrogen-bond acceptors (Lipinski definition) is 1. The first-order valence-corrected chi connectivity index (χ1v) is 6.96. The molecule has 0 aromatic heterocycles. The molecular formula is C18H20O2. The van der Waals surface area contributed by atoms with Gasteiger partial charge in [0.15, 0.2) is 0 Å². The molecule has 0 fully saturated rings. The van der Waals surface area contributed by atoms with Crippen molar-refractivity contribution in [2.45, 2.75) is 32.1 Å². The molecule has 0 bridgehead atoms. The predicted octanol–water partition coefficient (Wildman–Crippen LogP) is 4.34. The van der Waals surface area contributed by atoms with Crippen molar-refractivity contribution in [2.24, 2.45) is 0 Å². The number of rotatable bonds is 5. The molecular weight excluding hydrogens is 248 g/mol. The maximum atomic E-state index is 12.1. The summed E-state index contributed by atoms with van der Waals surface area (Å²) in [6.45, 7) is 7.81. The lowest BCUT2D eigenvalue weighted by Crippen LogP contribution is -2.35. The van der Waals surface area contributed by atoms with Crippen LogP contribution in [0, 0.1) is 0 Å². The molecule has 104 valence electrons. The van der Waals surface area contributed by atoms with E-state index in [4.69, 9.17) is 0 Å². The zero-order valence-corrected chi connectivity index (χ0v) is 12.0. The van der Waals surface area contributed by atoms with E-state index in [1.54, 1.807) is 6.08 Å². The summed E-state index contributed by atoms with van der Waals surface area (Å²) in [5.74, 6) is -0.781. The number of carboxylic acid groups (broad SMARTS) is 1. The minimum Gasteiger partial charge on any atom is -0.480 e. The first-order chi connectivity index (χ1) is 9.63. The zero-order chi connectivity index (χ0) is 14.8. The van der Waals surface area contributed by atoms with Crippen LogP contribution in [0.5, 0.6) is 0 Å². The summed E-state index contributed by atoms with van der Waals surface area (Å²) in [6.07, 6.45) is 7.00. The third-order valence-corrected chi connectivity index (χ3v) is 3.95. The maximum Gasteiger partial charge on any atom is 0.318 e. The smallest absolute Gasteiger partial charge is 0.318 e. The summed E-state index contributed by atoms with van der Waals surface area (Å²) < 4.78 is 0. The molecule has 1 N–H and O–H groups in total. The Bertz CT molecular complexity index is 608. The van der Waals surface area contributed by atoms with Crippen LogP contribution in [0.2, 0.25) is 0 Å². The normalized spacial score (nSPS) is 21.3. The molecule has 0 saturated carbocycles. The largest absolute Gasteiger partial charge is 0.480 e. The van der Waals surface area contributed by atoms with Gasteiger partial charge in [-0.2, -0.15) is 0 Å². The van der Waals surface area contributed by atoms with Crippen LogP contribution in [0.3, 0.4) is 0 Å². The summed E-state index contributed by atoms with van der Waals surface area (Å²) in [6, 6.07) is 7.76. The molecule has 0 amide bonds. The van der Waals surface area contributed by atoms with Gasteiger partial charge in [-0.25, -0.2) is 0 Å². The third kappa shape index (κ3) is 1.83. The average molecular weight is 268 g/mol. The van der Waals surface area contributed by atoms with E-state index in [0.717, 1.165) is 28.7 Å². The molecule has 1 aliphatic rings. The minimum atomic E-state index is -0.943. The van der Waals surface area contributed by atoms with Gasteiger partial charge in [-0.15, -0.1) is 0 Å². The SMILES string of the molecule is C=CC1=C(/C=C\C)C(CCC)(C(=O)O)c2ccccc21. The zero-order valence-electron chi connectivity index (χ0n) is 12.0. The molecule has 2 nitrogen and oxygen atoms in total. The van der Waals surface area contributed by atoms with Crippen molar-refractivity contribution in [1.29, 1.82) is 0 Å². The fourth-order valence-corrected chi connectivity index (χ4v) is 3.21. The molecule has 1 aromatic carbocycles. The molecule has 20 heavy (non-hydrogen) atoms. The number of benzene rings is 1. The number of carbonyl (C=O) groups is 1. The third-order valence-electron chi connectivity index (χ3n) is 3.95. The fourth-order valence-electron chi connectivity index (χ4n) is 3.21. The Kier molecular flexibility index (Phi) is 3.93. The quantitative estimate of drug-likeness (QED) is 0.862. The van der Waals surface area contributed by atoms with Crippen molar-refractivity contribution in [3.63, 3.8) is 0 Å². The van der Waals surface area contributed by atoms with Crippen LogP contribution in [0.15, 0.2) is 54.6 Å². The van der Waals surface area contributed by atoms with Crippen molar-refractivity contribution in [1.82, 2.24) is 0 Å². The predicted molar refractivity (Wildman–Crippen MR) is 82.6 cm³/mol. The van der Waals surface area contributed by atoms with Crippen molar-refractivity contribution >= 4 is 11.5 Å². The Morgan fingerprint density at radius 2 is 2.10 bits per heavy atom. The monoisotopic (exact) mass is 268 g/mol. The highest BCUT2D eigenvalue weighted by Crippen LogP contribution is 2.50. The van der Waals surface area contributed by atoms with Gasteiger partial charge in [-0.1, -0.05) is 62.4 Å². The van der Waals surface area contributed by atoms with Gasteiger partial charge >= 0.3 is 5.97 Å². The van der Waals surface area contributed by atoms with E-state index in [2.05, 4.69) is 6.58 Å². The molecule has 1 atom stereocenters. The van der Waals surface area contributed by atoms with Crippen LogP contribution < -0.4 is 0 Å². The second-order valence-corrected chi connectivity index (χ2v) is 5.04. The highest BCUT2D eigenvalue weighted by molar-refractivity contribution is 5.99. The van der Waals surface area contributed by atoms with Crippen molar-refractivity contribution in [2.75, 3.05) is 0 Å². The first-order valence-electron chi connectivity index (χ1n) is 6.96. The number of allylic oxidation sites excluding steroid dienone is 4. The standard InChI is InChI=1S/C18H20O2/c1-4-9-15-13(6-3)14-10-7-8-11-16(14)18(15,12-5-2)17(19)20/h4,6-11H,3,5,12H2,1-2H3,(H,19,20)/b9-4-. The van der Waals surface area contributed by atoms with Gasteiger partial charge in [-0.05, 0) is 35.6 Å². The van der Waals surface area contributed by atoms with Crippen LogP contribution >= 0.6 is 0 Å². The summed E-state index contributed by atoms with van der Waals surface area (Å²) in [5, 5.41) is 9.95. The van der Waals surface area contributed by atoms with Crippen LogP contribution in [-0.4, -0.2) is 11.1 Å². The molecule has 0 radical (unpaired) electrons. The lowest BCUT2D eigenvalue weighted by atomic mass is 9.73. The minimum absolute atomic E-state index is 0.594. The van der Waals surface area contributed by atoms with Gasteiger partial charge in [0.25, 0.3) is 0 Å². The maximum absolute atomic E-state index is 12.1.